The number of hydrogen-bond donors (Lipinski definition) is 1. The first kappa shape index (κ1) is 15.8. The Hall–Kier alpha value is -0.590. The van der Waals surface area contributed by atoms with Crippen LogP contribution in [0, 0.1) is 29.1 Å². The molecule has 0 spiro atoms. The first-order valence-corrected chi connectivity index (χ1v) is 8.38. The molecule has 1 aliphatic heterocycles. The Labute approximate surface area is 124 Å². The van der Waals surface area contributed by atoms with Gasteiger partial charge in [-0.1, -0.05) is 20.3 Å². The average molecular weight is 277 g/mol. The summed E-state index contributed by atoms with van der Waals surface area (Å²) in [6.45, 7) is 12.7. The van der Waals surface area contributed by atoms with E-state index in [0.717, 1.165) is 18.3 Å². The molecule has 0 amide bonds. The van der Waals surface area contributed by atoms with E-state index in [1.807, 2.05) is 0 Å². The van der Waals surface area contributed by atoms with Crippen LogP contribution in [0.1, 0.15) is 53.4 Å². The maximum absolute atomic E-state index is 9.69. The molecule has 114 valence electrons. The summed E-state index contributed by atoms with van der Waals surface area (Å²) in [6.07, 6.45) is 4.61. The van der Waals surface area contributed by atoms with Crippen LogP contribution in [-0.4, -0.2) is 36.1 Å². The van der Waals surface area contributed by atoms with Crippen LogP contribution in [0.4, 0.5) is 0 Å². The van der Waals surface area contributed by atoms with Gasteiger partial charge in [0.1, 0.15) is 5.54 Å². The summed E-state index contributed by atoms with van der Waals surface area (Å²) in [4.78, 5) is 2.60. The van der Waals surface area contributed by atoms with Crippen LogP contribution in [0.5, 0.6) is 0 Å². The van der Waals surface area contributed by atoms with Gasteiger partial charge in [-0.05, 0) is 57.4 Å². The van der Waals surface area contributed by atoms with Crippen LogP contribution in [-0.2, 0) is 0 Å². The number of rotatable bonds is 5. The molecular formula is C17H31N3. The third kappa shape index (κ3) is 3.35. The van der Waals surface area contributed by atoms with E-state index in [1.54, 1.807) is 0 Å². The summed E-state index contributed by atoms with van der Waals surface area (Å²) in [5, 5.41) is 13.3. The summed E-state index contributed by atoms with van der Waals surface area (Å²) in [6, 6.07) is 3.01. The molecule has 0 bridgehead atoms. The van der Waals surface area contributed by atoms with E-state index in [9.17, 15) is 5.26 Å². The van der Waals surface area contributed by atoms with Gasteiger partial charge in [0, 0.05) is 19.1 Å². The standard InChI is InChI=1S/C17H31N3/c1-13(2)19-17(12-18)8-5-6-16(17)7-9-20-10-14(3)15(4)11-20/h13-16,19H,5-11H2,1-4H3. The molecule has 20 heavy (non-hydrogen) atoms. The van der Waals surface area contributed by atoms with Gasteiger partial charge in [-0.3, -0.25) is 5.32 Å². The van der Waals surface area contributed by atoms with E-state index in [4.69, 9.17) is 0 Å². The van der Waals surface area contributed by atoms with E-state index >= 15 is 0 Å². The third-order valence-corrected chi connectivity index (χ3v) is 5.42. The van der Waals surface area contributed by atoms with Gasteiger partial charge in [-0.2, -0.15) is 5.26 Å². The van der Waals surface area contributed by atoms with Crippen molar-refractivity contribution in [3.05, 3.63) is 0 Å². The Morgan fingerprint density at radius 2 is 1.95 bits per heavy atom. The highest BCUT2D eigenvalue weighted by atomic mass is 15.1. The Kier molecular flexibility index (Phi) is 5.09. The van der Waals surface area contributed by atoms with Crippen molar-refractivity contribution < 1.29 is 0 Å². The highest BCUT2D eigenvalue weighted by Crippen LogP contribution is 2.38. The van der Waals surface area contributed by atoms with Crippen molar-refractivity contribution in [1.29, 1.82) is 5.26 Å². The Morgan fingerprint density at radius 3 is 2.50 bits per heavy atom. The van der Waals surface area contributed by atoms with Crippen LogP contribution in [0.2, 0.25) is 0 Å². The molecule has 2 rings (SSSR count). The molecule has 2 aliphatic rings. The molecule has 1 saturated carbocycles. The molecule has 4 unspecified atom stereocenters. The van der Waals surface area contributed by atoms with E-state index in [1.165, 1.54) is 38.9 Å². The first-order valence-electron chi connectivity index (χ1n) is 8.38. The minimum Gasteiger partial charge on any atom is -0.303 e. The minimum atomic E-state index is -0.259. The van der Waals surface area contributed by atoms with Crippen LogP contribution >= 0.6 is 0 Å². The van der Waals surface area contributed by atoms with Crippen molar-refractivity contribution in [3.8, 4) is 6.07 Å². The topological polar surface area (TPSA) is 39.1 Å². The largest absolute Gasteiger partial charge is 0.303 e. The summed E-state index contributed by atoms with van der Waals surface area (Å²) in [5.74, 6) is 2.18. The van der Waals surface area contributed by atoms with Crippen LogP contribution in [0.15, 0.2) is 0 Å². The molecule has 3 heteroatoms. The maximum atomic E-state index is 9.69. The van der Waals surface area contributed by atoms with Gasteiger partial charge >= 0.3 is 0 Å². The van der Waals surface area contributed by atoms with E-state index in [0.29, 0.717) is 12.0 Å². The second kappa shape index (κ2) is 6.45. The Balaban J connectivity index is 1.90. The van der Waals surface area contributed by atoms with Crippen molar-refractivity contribution in [2.45, 2.75) is 65.0 Å². The maximum Gasteiger partial charge on any atom is 0.109 e. The minimum absolute atomic E-state index is 0.259. The number of hydrogen-bond acceptors (Lipinski definition) is 3. The van der Waals surface area contributed by atoms with Gasteiger partial charge < -0.3 is 4.90 Å². The predicted octanol–water partition coefficient (Wildman–Crippen LogP) is 3.02. The highest BCUT2D eigenvalue weighted by Gasteiger charge is 2.43. The number of nitriles is 1. The highest BCUT2D eigenvalue weighted by molar-refractivity contribution is 5.14. The fourth-order valence-electron chi connectivity index (χ4n) is 4.12. The fourth-order valence-corrected chi connectivity index (χ4v) is 4.12. The van der Waals surface area contributed by atoms with Gasteiger partial charge in [0.15, 0.2) is 0 Å². The molecule has 1 saturated heterocycles. The lowest BCUT2D eigenvalue weighted by Gasteiger charge is -2.33. The summed E-state index contributed by atoms with van der Waals surface area (Å²) in [5.41, 5.74) is -0.259. The summed E-state index contributed by atoms with van der Waals surface area (Å²) >= 11 is 0. The van der Waals surface area contributed by atoms with Crippen molar-refractivity contribution in [2.75, 3.05) is 19.6 Å². The van der Waals surface area contributed by atoms with Gasteiger partial charge in [0.05, 0.1) is 6.07 Å². The number of nitrogens with zero attached hydrogens (tertiary/aromatic N) is 2. The van der Waals surface area contributed by atoms with E-state index in [2.05, 4.69) is 44.0 Å². The molecule has 3 nitrogen and oxygen atoms in total. The zero-order valence-corrected chi connectivity index (χ0v) is 13.7. The molecule has 1 N–H and O–H groups in total. The van der Waals surface area contributed by atoms with Gasteiger partial charge in [-0.15, -0.1) is 0 Å². The first-order chi connectivity index (χ1) is 9.47. The molecule has 1 heterocycles. The van der Waals surface area contributed by atoms with Crippen molar-refractivity contribution >= 4 is 0 Å². The molecule has 0 aromatic heterocycles. The lowest BCUT2D eigenvalue weighted by Crippen LogP contribution is -2.50. The van der Waals surface area contributed by atoms with Gasteiger partial charge in [0.25, 0.3) is 0 Å². The van der Waals surface area contributed by atoms with E-state index < -0.39 is 0 Å². The fraction of sp³-hybridized carbons (Fsp3) is 0.941. The van der Waals surface area contributed by atoms with Crippen molar-refractivity contribution in [2.24, 2.45) is 17.8 Å². The van der Waals surface area contributed by atoms with Crippen LogP contribution in [0.3, 0.4) is 0 Å². The van der Waals surface area contributed by atoms with E-state index in [-0.39, 0.29) is 5.54 Å². The average Bonchev–Trinajstić information content (AvgIpc) is 2.91. The van der Waals surface area contributed by atoms with Crippen molar-refractivity contribution in [3.63, 3.8) is 0 Å². The SMILES string of the molecule is CC(C)NC1(C#N)CCCC1CCN1CC(C)C(C)C1. The monoisotopic (exact) mass is 277 g/mol. The molecule has 1 aliphatic carbocycles. The molecule has 2 fully saturated rings. The third-order valence-electron chi connectivity index (χ3n) is 5.42. The van der Waals surface area contributed by atoms with Crippen LogP contribution < -0.4 is 5.32 Å². The zero-order chi connectivity index (χ0) is 14.8. The van der Waals surface area contributed by atoms with Gasteiger partial charge in [0.2, 0.25) is 0 Å². The number of likely N-dealkylation sites (tertiary alicyclic amines) is 1. The lowest BCUT2D eigenvalue weighted by molar-refractivity contribution is 0.236. The smallest absolute Gasteiger partial charge is 0.109 e. The second-order valence-corrected chi connectivity index (χ2v) is 7.47. The predicted molar refractivity (Wildman–Crippen MR) is 83.3 cm³/mol. The Morgan fingerprint density at radius 1 is 1.30 bits per heavy atom. The lowest BCUT2D eigenvalue weighted by atomic mass is 9.85. The molecule has 0 aromatic rings. The zero-order valence-electron chi connectivity index (χ0n) is 13.7. The number of nitrogens with one attached hydrogen (secondary N) is 1. The van der Waals surface area contributed by atoms with Crippen molar-refractivity contribution in [1.82, 2.24) is 10.2 Å². The second-order valence-electron chi connectivity index (χ2n) is 7.47. The van der Waals surface area contributed by atoms with Gasteiger partial charge in [-0.25, -0.2) is 0 Å². The molecule has 0 aromatic carbocycles. The molecular weight excluding hydrogens is 246 g/mol. The quantitative estimate of drug-likeness (QED) is 0.839. The van der Waals surface area contributed by atoms with Crippen LogP contribution in [0.25, 0.3) is 0 Å². The molecule has 4 atom stereocenters. The normalized spacial score (nSPS) is 38.5. The Bertz CT molecular complexity index is 350. The molecule has 0 radical (unpaired) electrons. The summed E-state index contributed by atoms with van der Waals surface area (Å²) in [7, 11) is 0. The summed E-state index contributed by atoms with van der Waals surface area (Å²) < 4.78 is 0.